The second kappa shape index (κ2) is 7.85. The molecule has 3 rings (SSSR count). The monoisotopic (exact) mass is 427 g/mol. The summed E-state index contributed by atoms with van der Waals surface area (Å²) < 4.78 is 7.02. The zero-order valence-corrected chi connectivity index (χ0v) is 18.8. The van der Waals surface area contributed by atoms with Gasteiger partial charge in [0.15, 0.2) is 0 Å². The first-order valence-corrected chi connectivity index (χ1v) is 10.1. The number of fused-ring (bicyclic) bond motifs is 1. The maximum absolute atomic E-state index is 12.7. The predicted octanol–water partition coefficient (Wildman–Crippen LogP) is 2.42. The minimum Gasteiger partial charge on any atom is -0.465 e. The van der Waals surface area contributed by atoms with E-state index < -0.39 is 17.0 Å². The van der Waals surface area contributed by atoms with Crippen molar-refractivity contribution in [2.24, 2.45) is 12.5 Å². The third kappa shape index (κ3) is 3.61. The van der Waals surface area contributed by atoms with Crippen molar-refractivity contribution in [3.05, 3.63) is 34.2 Å². The number of amides is 1. The second-order valence-corrected chi connectivity index (χ2v) is 9.19. The highest BCUT2D eigenvalue weighted by atomic mass is 16.5. The quantitative estimate of drug-likeness (QED) is 0.801. The summed E-state index contributed by atoms with van der Waals surface area (Å²) in [7, 11) is 3.22. The first kappa shape index (κ1) is 22.6. The molecule has 2 aromatic heterocycles. The number of hydrogen-bond acceptors (Lipinski definition) is 6. The van der Waals surface area contributed by atoms with E-state index in [1.807, 2.05) is 32.6 Å². The molecule has 166 valence electrons. The molecule has 0 aliphatic carbocycles. The Labute approximate surface area is 181 Å². The molecule has 2 atom stereocenters. The van der Waals surface area contributed by atoms with Crippen LogP contribution in [0.25, 0.3) is 11.0 Å². The van der Waals surface area contributed by atoms with Crippen LogP contribution in [0.15, 0.2) is 23.0 Å². The zero-order valence-electron chi connectivity index (χ0n) is 18.8. The third-order valence-corrected chi connectivity index (χ3v) is 6.43. The first-order chi connectivity index (χ1) is 14.5. The van der Waals surface area contributed by atoms with Crippen LogP contribution in [0, 0.1) is 16.7 Å². The Morgan fingerprint density at radius 2 is 2.10 bits per heavy atom. The number of hydrogen-bond donors (Lipinski definition) is 1. The molecule has 1 aliphatic heterocycles. The van der Waals surface area contributed by atoms with Gasteiger partial charge in [-0.2, -0.15) is 5.26 Å². The van der Waals surface area contributed by atoms with Crippen molar-refractivity contribution in [3.63, 3.8) is 0 Å². The third-order valence-electron chi connectivity index (χ3n) is 6.43. The van der Waals surface area contributed by atoms with Crippen LogP contribution >= 0.6 is 0 Å². The van der Waals surface area contributed by atoms with E-state index in [0.717, 1.165) is 0 Å². The van der Waals surface area contributed by atoms with Crippen LogP contribution in [0.5, 0.6) is 0 Å². The van der Waals surface area contributed by atoms with E-state index in [9.17, 15) is 20.0 Å². The van der Waals surface area contributed by atoms with Crippen molar-refractivity contribution in [2.75, 3.05) is 31.7 Å². The average molecular weight is 428 g/mol. The van der Waals surface area contributed by atoms with Crippen molar-refractivity contribution in [1.82, 2.24) is 14.5 Å². The predicted molar refractivity (Wildman–Crippen MR) is 117 cm³/mol. The number of ether oxygens (including phenoxy) is 1. The van der Waals surface area contributed by atoms with Gasteiger partial charge in [-0.15, -0.1) is 0 Å². The Balaban J connectivity index is 2.27. The molecule has 0 unspecified atom stereocenters. The lowest BCUT2D eigenvalue weighted by molar-refractivity contribution is -0.0594. The molecule has 9 heteroatoms. The van der Waals surface area contributed by atoms with E-state index in [1.165, 1.54) is 15.5 Å². The fraction of sp³-hybridized carbons (Fsp3) is 0.545. The summed E-state index contributed by atoms with van der Waals surface area (Å²) in [6, 6.07) is 6.66. The molecule has 0 spiro atoms. The molecule has 0 bridgehead atoms. The molecule has 1 aliphatic rings. The molecule has 3 heterocycles. The number of nitrogens with zero attached hydrogens (tertiary/aromatic N) is 5. The van der Waals surface area contributed by atoms with Crippen LogP contribution in [-0.4, -0.2) is 64.0 Å². The summed E-state index contributed by atoms with van der Waals surface area (Å²) in [5.74, 6) is 0. The van der Waals surface area contributed by atoms with Crippen LogP contribution in [0.1, 0.15) is 33.4 Å². The van der Waals surface area contributed by atoms with Gasteiger partial charge in [0, 0.05) is 39.4 Å². The Hall–Kier alpha value is -3.12. The number of aromatic nitrogens is 2. The molecular weight excluding hydrogens is 398 g/mol. The maximum atomic E-state index is 12.7. The smallest absolute Gasteiger partial charge is 0.407 e. The van der Waals surface area contributed by atoms with Crippen molar-refractivity contribution in [1.29, 1.82) is 5.26 Å². The lowest BCUT2D eigenvalue weighted by Crippen LogP contribution is -2.73. The molecule has 0 radical (unpaired) electrons. The number of rotatable bonds is 3. The molecule has 31 heavy (non-hydrogen) atoms. The summed E-state index contributed by atoms with van der Waals surface area (Å²) in [6.07, 6.45) is -1.00. The van der Waals surface area contributed by atoms with Gasteiger partial charge >= 0.3 is 6.09 Å². The van der Waals surface area contributed by atoms with E-state index in [0.29, 0.717) is 23.3 Å². The number of carboxylic acid groups (broad SMARTS) is 1. The molecule has 9 nitrogen and oxygen atoms in total. The van der Waals surface area contributed by atoms with Gasteiger partial charge in [0.1, 0.15) is 17.3 Å². The SMILES string of the molecule is COC[C@]1(C(C)(C)C)CN(c2cc(=O)n(C)c3ccc(C#N)nc23)[C@H](C)CN1C(=O)O. The van der Waals surface area contributed by atoms with Gasteiger partial charge in [-0.3, -0.25) is 9.69 Å². The van der Waals surface area contributed by atoms with Gasteiger partial charge in [-0.25, -0.2) is 9.78 Å². The van der Waals surface area contributed by atoms with Gasteiger partial charge in [-0.1, -0.05) is 20.8 Å². The Morgan fingerprint density at radius 1 is 1.42 bits per heavy atom. The number of piperazine rings is 1. The molecule has 2 aromatic rings. The van der Waals surface area contributed by atoms with Crippen LogP contribution in [0.4, 0.5) is 10.5 Å². The van der Waals surface area contributed by atoms with Crippen molar-refractivity contribution < 1.29 is 14.6 Å². The van der Waals surface area contributed by atoms with Crippen molar-refractivity contribution in [3.8, 4) is 6.07 Å². The first-order valence-electron chi connectivity index (χ1n) is 10.1. The van der Waals surface area contributed by atoms with E-state index >= 15 is 0 Å². The van der Waals surface area contributed by atoms with Gasteiger partial charge in [0.2, 0.25) is 0 Å². The molecule has 1 saturated heterocycles. The van der Waals surface area contributed by atoms with Crippen LogP contribution < -0.4 is 10.5 Å². The molecule has 0 saturated carbocycles. The Bertz CT molecular complexity index is 1110. The molecule has 1 fully saturated rings. The topological polar surface area (TPSA) is 112 Å². The fourth-order valence-electron chi connectivity index (χ4n) is 4.46. The number of anilines is 1. The zero-order chi connectivity index (χ0) is 23.1. The summed E-state index contributed by atoms with van der Waals surface area (Å²) in [6.45, 7) is 8.65. The van der Waals surface area contributed by atoms with E-state index in [-0.39, 0.29) is 30.4 Å². The van der Waals surface area contributed by atoms with Gasteiger partial charge < -0.3 is 19.3 Å². The van der Waals surface area contributed by atoms with Crippen molar-refractivity contribution in [2.45, 2.75) is 39.3 Å². The largest absolute Gasteiger partial charge is 0.465 e. The van der Waals surface area contributed by atoms with Crippen LogP contribution in [0.2, 0.25) is 0 Å². The van der Waals surface area contributed by atoms with Gasteiger partial charge in [-0.05, 0) is 24.5 Å². The highest BCUT2D eigenvalue weighted by Crippen LogP contribution is 2.42. The fourth-order valence-corrected chi connectivity index (χ4v) is 4.46. The normalized spacial score (nSPS) is 21.9. The number of methoxy groups -OCH3 is 1. The van der Waals surface area contributed by atoms with E-state index in [2.05, 4.69) is 11.1 Å². The Morgan fingerprint density at radius 3 is 2.65 bits per heavy atom. The summed E-state index contributed by atoms with van der Waals surface area (Å²) in [5.41, 5.74) is 0.482. The lowest BCUT2D eigenvalue weighted by Gasteiger charge is -2.58. The van der Waals surface area contributed by atoms with E-state index in [4.69, 9.17) is 4.74 Å². The summed E-state index contributed by atoms with van der Waals surface area (Å²) in [5, 5.41) is 19.4. The summed E-state index contributed by atoms with van der Waals surface area (Å²) in [4.78, 5) is 32.9. The number of pyridine rings is 2. The second-order valence-electron chi connectivity index (χ2n) is 9.19. The number of aryl methyl sites for hydroxylation is 1. The van der Waals surface area contributed by atoms with Gasteiger partial charge in [0.05, 0.1) is 23.3 Å². The molecule has 0 aromatic carbocycles. The number of carbonyl (C=O) groups is 1. The highest BCUT2D eigenvalue weighted by molar-refractivity contribution is 5.89. The van der Waals surface area contributed by atoms with Gasteiger partial charge in [0.25, 0.3) is 5.56 Å². The van der Waals surface area contributed by atoms with Crippen LogP contribution in [0.3, 0.4) is 0 Å². The number of nitriles is 1. The van der Waals surface area contributed by atoms with Crippen molar-refractivity contribution >= 4 is 22.8 Å². The van der Waals surface area contributed by atoms with E-state index in [1.54, 1.807) is 26.3 Å². The molecular formula is C22H29N5O4. The van der Waals surface area contributed by atoms with Crippen LogP contribution in [-0.2, 0) is 11.8 Å². The molecule has 1 amide bonds. The summed E-state index contributed by atoms with van der Waals surface area (Å²) >= 11 is 0. The lowest BCUT2D eigenvalue weighted by atomic mass is 9.70. The molecule has 1 N–H and O–H groups in total. The minimum absolute atomic E-state index is 0.199. The highest BCUT2D eigenvalue weighted by Gasteiger charge is 2.54. The Kier molecular flexibility index (Phi) is 5.72. The maximum Gasteiger partial charge on any atom is 0.407 e. The minimum atomic E-state index is -1.00. The average Bonchev–Trinajstić information content (AvgIpc) is 2.70. The standard InChI is InChI=1S/C22H29N5O4/c1-14-11-27(20(29)30)22(13-31-6,21(2,3)4)12-26(14)17-9-18(28)25(5)16-8-7-15(10-23)24-19(16)17/h7-9,14H,11-13H2,1-6H3,(H,29,30)/t14-,22+/m1/s1.